The van der Waals surface area contributed by atoms with Crippen LogP contribution in [0.5, 0.6) is 0 Å². The Balaban J connectivity index is 1.17. The number of fused-ring (bicyclic) bond motifs is 3. The number of nitrogens with two attached hydrogens (primary N) is 4. The molecule has 36 heteroatoms. The van der Waals surface area contributed by atoms with E-state index in [0.29, 0.717) is 44.9 Å². The Morgan fingerprint density at radius 2 is 1.03 bits per heavy atom. The minimum Gasteiger partial charge on any atom is -0.394 e. The minimum absolute atomic E-state index is 0.0161. The van der Waals surface area contributed by atoms with Gasteiger partial charge >= 0.3 is 0 Å². The number of para-hydroxylation sites is 2. The average molecular weight is 1620 g/mol. The van der Waals surface area contributed by atoms with Gasteiger partial charge in [0.15, 0.2) is 5.96 Å². The number of amides is 14. The summed E-state index contributed by atoms with van der Waals surface area (Å²) in [4.78, 5) is 208. The largest absolute Gasteiger partial charge is 0.394 e. The summed E-state index contributed by atoms with van der Waals surface area (Å²) in [5.41, 5.74) is 26.3. The van der Waals surface area contributed by atoms with Crippen LogP contribution in [-0.4, -0.2) is 202 Å². The molecular weight excluding hydrogens is 1510 g/mol. The van der Waals surface area contributed by atoms with Gasteiger partial charge in [0.25, 0.3) is 0 Å². The number of aromatic nitrogens is 2. The number of guanidine groups is 1. The summed E-state index contributed by atoms with van der Waals surface area (Å²) in [5, 5.41) is 55.3. The summed E-state index contributed by atoms with van der Waals surface area (Å²) >= 11 is 0.853. The van der Waals surface area contributed by atoms with Crippen LogP contribution in [0.2, 0.25) is 0 Å². The maximum Gasteiger partial charge on any atom is 0.247 e. The molecule has 0 spiro atoms. The molecule has 7 aromatic rings. The molecule has 25 N–H and O–H groups in total. The predicted molar refractivity (Wildman–Crippen MR) is 435 cm³/mol. The standard InChI is InChI=1S/C80H104N20O15S/c1-5-44(4)67-78(114)96-61(40-101)70(106)89-39-64(103)90-55(27-17-31-86-80(84)85)71(107)95-60(36-63(82)102)73(109)94-58(34-49-37-87-53-24-13-11-22-51(49)53)75(111)98-66(43(2)3)77(113)92-56(26-15-16-30-81)72(108)93-59(35-50-38-88-54-25-14-12-23-52(50)54)76(112)100-68(47-19-7-6-8-20-47)79(115)97-62(69(83)105)41-116-42-65(104)91-57(74(110)99-67)33-45-28-29-46-18-9-10-21-48(46)32-45/h6-14,18-25,28-29,32,37-38,43-44,55-62,66-68,87-88,101H,5,15-17,26-27,30-31,33-36,39-42,81H2,1-4H3,(H2,82,102)(H2,83,105)(H,89,106)(H,90,103)(H,91,104)(H,92,113)(H,93,108)(H,94,109)(H,95,107)(H,96,114)(H,97,115)(H,98,111)(H,99,110)(H,100,112)(H4,84,85,86)/t44-,55-,56-,57-,58-,59-,60-,61-,62-,66-,67-,68-/m0/s1. The predicted octanol–water partition coefficient (Wildman–Crippen LogP) is -1.15. The van der Waals surface area contributed by atoms with Gasteiger partial charge in [0.1, 0.15) is 66.5 Å². The SMILES string of the molecule is CC[C@H](C)[C@@H]1NC(=O)[C@H](Cc2ccc3ccccc3c2)NC(=O)CSC[C@@H](C(N)=O)NC(=O)[C@H](c2ccccc2)NC(=O)[C@H](Cc2c[nH]c3ccccc23)NC(=O)[C@H](CCCCN)NC(=O)[C@H](C(C)C)NC(=O)[C@H](Cc2c[nH]c3ccccc23)NC(=O)[C@H](CC(N)=O)NC(=O)[C@H](CCCNC(=N)N)NC(=O)CNC(=O)[C@H](CO)NC1=O. The van der Waals surface area contributed by atoms with Gasteiger partial charge in [-0.2, -0.15) is 0 Å². The van der Waals surface area contributed by atoms with Crippen molar-refractivity contribution in [3.8, 4) is 0 Å². The van der Waals surface area contributed by atoms with Gasteiger partial charge in [-0.1, -0.05) is 143 Å². The summed E-state index contributed by atoms with van der Waals surface area (Å²) in [7, 11) is 0. The summed E-state index contributed by atoms with van der Waals surface area (Å²) in [5.74, 6) is -16.3. The molecule has 35 nitrogen and oxygen atoms in total. The van der Waals surface area contributed by atoms with Gasteiger partial charge in [0.2, 0.25) is 82.7 Å². The molecular formula is C80H104N20O15S. The van der Waals surface area contributed by atoms with E-state index in [1.165, 1.54) is 12.1 Å². The maximum atomic E-state index is 15.3. The number of hydrogen-bond acceptors (Lipinski definition) is 18. The van der Waals surface area contributed by atoms with E-state index < -0.39 is 192 Å². The second-order valence-corrected chi connectivity index (χ2v) is 29.9. The summed E-state index contributed by atoms with van der Waals surface area (Å²) in [6.07, 6.45) is 2.33. The van der Waals surface area contributed by atoms with E-state index in [2.05, 4.69) is 79.1 Å². The second-order valence-electron chi connectivity index (χ2n) is 28.8. The number of thioether (sulfide) groups is 1. The molecule has 1 saturated heterocycles. The highest BCUT2D eigenvalue weighted by Gasteiger charge is 2.39. The van der Waals surface area contributed by atoms with Crippen molar-refractivity contribution in [2.75, 3.05) is 37.7 Å². The normalized spacial score (nSPS) is 22.7. The number of aromatic amines is 2. The number of nitrogens with one attached hydrogen (secondary N) is 16. The third-order valence-electron chi connectivity index (χ3n) is 19.8. The Labute approximate surface area is 673 Å². The number of rotatable bonds is 22. The highest BCUT2D eigenvalue weighted by Crippen LogP contribution is 2.24. The smallest absolute Gasteiger partial charge is 0.247 e. The lowest BCUT2D eigenvalue weighted by Gasteiger charge is -2.29. The molecule has 620 valence electrons. The summed E-state index contributed by atoms with van der Waals surface area (Å²) in [6.45, 7) is 4.78. The van der Waals surface area contributed by atoms with Gasteiger partial charge in [-0.25, -0.2) is 0 Å². The van der Waals surface area contributed by atoms with Crippen LogP contribution in [0.15, 0.2) is 134 Å². The monoisotopic (exact) mass is 1620 g/mol. The van der Waals surface area contributed by atoms with Gasteiger partial charge < -0.3 is 107 Å². The lowest BCUT2D eigenvalue weighted by Crippen LogP contribution is -2.61. The molecule has 14 amide bonds. The molecule has 0 saturated carbocycles. The number of H-pyrrole nitrogens is 2. The first kappa shape index (κ1) is 89.1. The van der Waals surface area contributed by atoms with E-state index >= 15 is 19.2 Å². The van der Waals surface area contributed by atoms with Crippen LogP contribution in [0.1, 0.15) is 101 Å². The van der Waals surface area contributed by atoms with E-state index in [4.69, 9.17) is 28.3 Å². The van der Waals surface area contributed by atoms with Crippen LogP contribution in [0.3, 0.4) is 0 Å². The average Bonchev–Trinajstić information content (AvgIpc) is 1.61. The Morgan fingerprint density at radius 1 is 0.517 bits per heavy atom. The van der Waals surface area contributed by atoms with Crippen molar-refractivity contribution in [1.82, 2.24) is 79.1 Å². The Hall–Kier alpha value is -12.4. The summed E-state index contributed by atoms with van der Waals surface area (Å²) < 4.78 is 0. The van der Waals surface area contributed by atoms with E-state index in [1.54, 1.807) is 113 Å². The zero-order chi connectivity index (χ0) is 84.1. The molecule has 12 atom stereocenters. The van der Waals surface area contributed by atoms with Crippen LogP contribution >= 0.6 is 11.8 Å². The molecule has 2 aromatic heterocycles. The van der Waals surface area contributed by atoms with Crippen molar-refractivity contribution in [1.29, 1.82) is 5.41 Å². The molecule has 0 aliphatic carbocycles. The van der Waals surface area contributed by atoms with Crippen LogP contribution in [0.25, 0.3) is 32.6 Å². The molecule has 1 fully saturated rings. The van der Waals surface area contributed by atoms with Crippen molar-refractivity contribution >= 4 is 133 Å². The fourth-order valence-electron chi connectivity index (χ4n) is 13.2. The molecule has 3 heterocycles. The van der Waals surface area contributed by atoms with Crippen LogP contribution in [-0.2, 0) is 86.4 Å². The van der Waals surface area contributed by atoms with Gasteiger partial charge in [0, 0.05) is 65.8 Å². The van der Waals surface area contributed by atoms with Gasteiger partial charge in [0.05, 0.1) is 25.3 Å². The molecule has 1 aliphatic heterocycles. The molecule has 0 unspecified atom stereocenters. The van der Waals surface area contributed by atoms with Crippen molar-refractivity contribution < 1.29 is 72.2 Å². The van der Waals surface area contributed by atoms with E-state index in [-0.39, 0.29) is 75.8 Å². The van der Waals surface area contributed by atoms with Gasteiger partial charge in [-0.3, -0.25) is 72.5 Å². The highest BCUT2D eigenvalue weighted by atomic mass is 32.2. The van der Waals surface area contributed by atoms with Crippen molar-refractivity contribution in [2.24, 2.45) is 34.8 Å². The molecule has 1 aliphatic rings. The first-order valence-corrected chi connectivity index (χ1v) is 39.5. The fourth-order valence-corrected chi connectivity index (χ4v) is 14.1. The number of benzene rings is 5. The van der Waals surface area contributed by atoms with Crippen molar-refractivity contribution in [2.45, 2.75) is 158 Å². The zero-order valence-electron chi connectivity index (χ0n) is 64.9. The third-order valence-corrected chi connectivity index (χ3v) is 20.8. The minimum atomic E-state index is -1.87. The zero-order valence-corrected chi connectivity index (χ0v) is 65.7. The first-order valence-electron chi connectivity index (χ1n) is 38.3. The number of unbranched alkanes of at least 4 members (excludes halogenated alkanes) is 1. The fraction of sp³-hybridized carbons (Fsp3) is 0.412. The number of aliphatic hydroxyl groups is 1. The Bertz CT molecular complexity index is 4670. The molecule has 0 radical (unpaired) electrons. The Kier molecular flexibility index (Phi) is 33.6. The van der Waals surface area contributed by atoms with Crippen LogP contribution in [0, 0.1) is 17.2 Å². The quantitative estimate of drug-likeness (QED) is 0.0216. The van der Waals surface area contributed by atoms with E-state index in [0.717, 1.165) is 22.5 Å². The van der Waals surface area contributed by atoms with Crippen LogP contribution < -0.4 is 92.1 Å². The van der Waals surface area contributed by atoms with Crippen LogP contribution in [0.4, 0.5) is 0 Å². The topological polar surface area (TPSA) is 575 Å². The van der Waals surface area contributed by atoms with E-state index in [1.807, 2.05) is 36.4 Å². The molecule has 116 heavy (non-hydrogen) atoms. The highest BCUT2D eigenvalue weighted by molar-refractivity contribution is 8.00. The number of hydrogen-bond donors (Lipinski definition) is 21. The number of aliphatic hydroxyl groups excluding tert-OH is 1. The third kappa shape index (κ3) is 26.0. The van der Waals surface area contributed by atoms with Gasteiger partial charge in [-0.15, -0.1) is 11.8 Å². The summed E-state index contributed by atoms with van der Waals surface area (Å²) in [6, 6.07) is 17.6. The molecule has 5 aromatic carbocycles. The lowest BCUT2D eigenvalue weighted by molar-refractivity contribution is -0.137. The number of carbonyl (C=O) groups excluding carboxylic acids is 14. The Morgan fingerprint density at radius 3 is 1.61 bits per heavy atom. The maximum absolute atomic E-state index is 15.3. The molecule has 0 bridgehead atoms. The lowest BCUT2D eigenvalue weighted by atomic mass is 9.96. The van der Waals surface area contributed by atoms with E-state index in [9.17, 15) is 53.1 Å². The second kappa shape index (κ2) is 43.7. The van der Waals surface area contributed by atoms with Crippen molar-refractivity contribution in [3.63, 3.8) is 0 Å². The number of primary amides is 2. The van der Waals surface area contributed by atoms with Crippen molar-refractivity contribution in [3.05, 3.63) is 156 Å². The molecule has 8 rings (SSSR count). The first-order chi connectivity index (χ1) is 55.5. The number of carbonyl (C=O) groups is 14. The van der Waals surface area contributed by atoms with Gasteiger partial charge in [-0.05, 0) is 95.6 Å².